The Hall–Kier alpha value is -4.81. The van der Waals surface area contributed by atoms with Gasteiger partial charge in [0.05, 0.1) is 29.9 Å². The Labute approximate surface area is 224 Å². The first-order chi connectivity index (χ1) is 19.2. The number of amides is 1. The topological polar surface area (TPSA) is 125 Å². The van der Waals surface area contributed by atoms with Crippen LogP contribution in [0, 0.1) is 17.5 Å². The zero-order chi connectivity index (χ0) is 28.6. The first kappa shape index (κ1) is 26.8. The summed E-state index contributed by atoms with van der Waals surface area (Å²) in [5.41, 5.74) is -1.54. The third-order valence-electron chi connectivity index (χ3n) is 6.87. The van der Waals surface area contributed by atoms with E-state index in [1.165, 1.54) is 25.4 Å². The van der Waals surface area contributed by atoms with E-state index in [1.807, 2.05) is 0 Å². The SMILES string of the molecule is COC(=O)c1ccc(C(=O)NC2CCC(n3c(=O)c4cc(F)cnc4n(-c4ccc(F)c(F)c4)c3=O)CC2)cn1. The highest BCUT2D eigenvalue weighted by atomic mass is 19.2. The van der Waals surface area contributed by atoms with Crippen molar-refractivity contribution in [3.8, 4) is 5.69 Å². The summed E-state index contributed by atoms with van der Waals surface area (Å²) >= 11 is 0. The molecule has 206 valence electrons. The molecule has 13 heteroatoms. The summed E-state index contributed by atoms with van der Waals surface area (Å²) in [6.07, 6.45) is 3.57. The van der Waals surface area contributed by atoms with E-state index in [4.69, 9.17) is 0 Å². The quantitative estimate of drug-likeness (QED) is 0.377. The summed E-state index contributed by atoms with van der Waals surface area (Å²) in [6, 6.07) is 5.71. The number of carbonyl (C=O) groups excluding carboxylic acids is 2. The molecule has 1 amide bonds. The van der Waals surface area contributed by atoms with E-state index in [9.17, 15) is 32.3 Å². The van der Waals surface area contributed by atoms with Crippen molar-refractivity contribution in [2.75, 3.05) is 7.11 Å². The molecule has 1 aliphatic rings. The normalized spacial score (nSPS) is 17.0. The average Bonchev–Trinajstić information content (AvgIpc) is 2.96. The molecule has 0 atom stereocenters. The molecule has 0 radical (unpaired) electrons. The summed E-state index contributed by atoms with van der Waals surface area (Å²) in [7, 11) is 1.22. The van der Waals surface area contributed by atoms with Crippen LogP contribution in [-0.4, -0.2) is 44.1 Å². The Morgan fingerprint density at radius 2 is 1.70 bits per heavy atom. The fourth-order valence-corrected chi connectivity index (χ4v) is 4.86. The molecule has 4 aromatic rings. The van der Waals surface area contributed by atoms with Crippen LogP contribution in [0.3, 0.4) is 0 Å². The van der Waals surface area contributed by atoms with E-state index < -0.39 is 46.6 Å². The van der Waals surface area contributed by atoms with E-state index >= 15 is 0 Å². The van der Waals surface area contributed by atoms with Gasteiger partial charge < -0.3 is 10.1 Å². The molecule has 1 aliphatic carbocycles. The first-order valence-corrected chi connectivity index (χ1v) is 12.3. The van der Waals surface area contributed by atoms with Gasteiger partial charge in [0, 0.05) is 24.3 Å². The maximum atomic E-state index is 14.1. The van der Waals surface area contributed by atoms with Gasteiger partial charge in [-0.3, -0.25) is 14.2 Å². The molecule has 10 nitrogen and oxygen atoms in total. The molecule has 1 saturated carbocycles. The van der Waals surface area contributed by atoms with Crippen LogP contribution in [0.2, 0.25) is 0 Å². The first-order valence-electron chi connectivity index (χ1n) is 12.3. The maximum Gasteiger partial charge on any atom is 0.356 e. The number of benzene rings is 1. The lowest BCUT2D eigenvalue weighted by Gasteiger charge is -2.30. The van der Waals surface area contributed by atoms with Gasteiger partial charge >= 0.3 is 11.7 Å². The molecule has 0 saturated heterocycles. The molecule has 0 bridgehead atoms. The molecule has 1 fully saturated rings. The molecule has 5 rings (SSSR count). The van der Waals surface area contributed by atoms with Crippen LogP contribution in [0.15, 0.2) is 58.4 Å². The van der Waals surface area contributed by atoms with Crippen molar-refractivity contribution in [2.24, 2.45) is 0 Å². The Kier molecular flexibility index (Phi) is 7.20. The van der Waals surface area contributed by atoms with Gasteiger partial charge in [0.1, 0.15) is 11.5 Å². The van der Waals surface area contributed by atoms with Crippen molar-refractivity contribution in [1.29, 1.82) is 0 Å². The molecule has 0 aliphatic heterocycles. The van der Waals surface area contributed by atoms with Gasteiger partial charge in [0.25, 0.3) is 11.5 Å². The fourth-order valence-electron chi connectivity index (χ4n) is 4.86. The molecule has 1 aromatic carbocycles. The number of pyridine rings is 2. The number of halogens is 3. The van der Waals surface area contributed by atoms with Gasteiger partial charge in [0.15, 0.2) is 17.3 Å². The van der Waals surface area contributed by atoms with Gasteiger partial charge in [-0.1, -0.05) is 0 Å². The summed E-state index contributed by atoms with van der Waals surface area (Å²) in [6.45, 7) is 0. The number of nitrogens with one attached hydrogen (secondary N) is 1. The van der Waals surface area contributed by atoms with Gasteiger partial charge in [-0.25, -0.2) is 37.3 Å². The molecule has 40 heavy (non-hydrogen) atoms. The number of methoxy groups -OCH3 is 1. The molecule has 3 aromatic heterocycles. The second kappa shape index (κ2) is 10.8. The zero-order valence-electron chi connectivity index (χ0n) is 21.1. The number of nitrogens with zero attached hydrogens (tertiary/aromatic N) is 4. The van der Waals surface area contributed by atoms with Crippen molar-refractivity contribution in [2.45, 2.75) is 37.8 Å². The van der Waals surface area contributed by atoms with Crippen LogP contribution in [-0.2, 0) is 4.74 Å². The number of rotatable bonds is 5. The summed E-state index contributed by atoms with van der Waals surface area (Å²) in [5, 5.41) is 2.69. The molecule has 0 spiro atoms. The smallest absolute Gasteiger partial charge is 0.356 e. The number of fused-ring (bicyclic) bond motifs is 1. The summed E-state index contributed by atoms with van der Waals surface area (Å²) in [5.74, 6) is -4.16. The van der Waals surface area contributed by atoms with Gasteiger partial charge in [-0.2, -0.15) is 0 Å². The van der Waals surface area contributed by atoms with Crippen LogP contribution < -0.4 is 16.6 Å². The third-order valence-corrected chi connectivity index (χ3v) is 6.87. The highest BCUT2D eigenvalue weighted by Crippen LogP contribution is 2.28. The van der Waals surface area contributed by atoms with Crippen molar-refractivity contribution in [1.82, 2.24) is 24.4 Å². The van der Waals surface area contributed by atoms with Crippen LogP contribution >= 0.6 is 0 Å². The van der Waals surface area contributed by atoms with Crippen molar-refractivity contribution < 1.29 is 27.5 Å². The monoisotopic (exact) mass is 553 g/mol. The number of ether oxygens (including phenoxy) is 1. The molecule has 3 heterocycles. The summed E-state index contributed by atoms with van der Waals surface area (Å²) in [4.78, 5) is 59.0. The average molecular weight is 553 g/mol. The predicted octanol–water partition coefficient (Wildman–Crippen LogP) is 3.06. The molecule has 0 unspecified atom stereocenters. The summed E-state index contributed by atoms with van der Waals surface area (Å²) < 4.78 is 48.2. The maximum absolute atomic E-state index is 14.1. The minimum atomic E-state index is -1.20. The highest BCUT2D eigenvalue weighted by molar-refractivity contribution is 5.95. The predicted molar refractivity (Wildman–Crippen MR) is 136 cm³/mol. The minimum absolute atomic E-state index is 0.0597. The van der Waals surface area contributed by atoms with Crippen LogP contribution in [0.4, 0.5) is 13.2 Å². The number of carbonyl (C=O) groups is 2. The Bertz CT molecular complexity index is 1740. The minimum Gasteiger partial charge on any atom is -0.464 e. The largest absolute Gasteiger partial charge is 0.464 e. The van der Waals surface area contributed by atoms with Crippen LogP contribution in [0.5, 0.6) is 0 Å². The lowest BCUT2D eigenvalue weighted by molar-refractivity contribution is 0.0593. The number of aromatic nitrogens is 4. The van der Waals surface area contributed by atoms with E-state index in [1.54, 1.807) is 0 Å². The lowest BCUT2D eigenvalue weighted by atomic mass is 9.90. The Morgan fingerprint density at radius 1 is 0.950 bits per heavy atom. The Balaban J connectivity index is 1.41. The highest BCUT2D eigenvalue weighted by Gasteiger charge is 2.28. The Morgan fingerprint density at radius 3 is 2.35 bits per heavy atom. The van der Waals surface area contributed by atoms with E-state index in [0.29, 0.717) is 25.7 Å². The zero-order valence-corrected chi connectivity index (χ0v) is 21.1. The van der Waals surface area contributed by atoms with Gasteiger partial charge in [0.2, 0.25) is 0 Å². The van der Waals surface area contributed by atoms with Crippen LogP contribution in [0.25, 0.3) is 16.7 Å². The van der Waals surface area contributed by atoms with Crippen LogP contribution in [0.1, 0.15) is 52.6 Å². The second-order valence-electron chi connectivity index (χ2n) is 9.32. The van der Waals surface area contributed by atoms with Gasteiger partial charge in [-0.15, -0.1) is 0 Å². The molecule has 1 N–H and O–H groups in total. The molecular formula is C27H22F3N5O5. The van der Waals surface area contributed by atoms with E-state index in [2.05, 4.69) is 20.0 Å². The number of esters is 1. The number of hydrogen-bond donors (Lipinski definition) is 1. The standard InChI is InChI=1S/C27H22F3N5O5/c1-40-26(38)22-9-2-14(12-31-22)24(36)33-16-3-5-17(6-4-16)35-25(37)19-10-15(28)13-32-23(19)34(27(35)39)18-7-8-20(29)21(30)11-18/h2,7-13,16-17H,3-6H2,1H3,(H,33,36). The lowest BCUT2D eigenvalue weighted by Crippen LogP contribution is -2.45. The fraction of sp³-hybridized carbons (Fsp3) is 0.259. The number of hydrogen-bond acceptors (Lipinski definition) is 7. The van der Waals surface area contributed by atoms with Crippen molar-refractivity contribution in [3.05, 3.63) is 98.3 Å². The van der Waals surface area contributed by atoms with Crippen molar-refractivity contribution in [3.63, 3.8) is 0 Å². The van der Waals surface area contributed by atoms with Gasteiger partial charge in [-0.05, 0) is 56.0 Å². The third kappa shape index (κ3) is 4.97. The molecular weight excluding hydrogens is 531 g/mol. The van der Waals surface area contributed by atoms with E-state index in [0.717, 1.165) is 39.6 Å². The second-order valence-corrected chi connectivity index (χ2v) is 9.32. The van der Waals surface area contributed by atoms with E-state index in [-0.39, 0.29) is 34.0 Å². The van der Waals surface area contributed by atoms with Crippen molar-refractivity contribution >= 4 is 22.9 Å².